The molecule has 0 aromatic heterocycles. The van der Waals surface area contributed by atoms with Crippen molar-refractivity contribution in [3.8, 4) is 17.2 Å². The molecule has 4 aromatic carbocycles. The van der Waals surface area contributed by atoms with Gasteiger partial charge in [-0.05, 0) is 93.5 Å². The van der Waals surface area contributed by atoms with Crippen molar-refractivity contribution < 1.29 is 28.6 Å². The molecule has 278 valence electrons. The van der Waals surface area contributed by atoms with E-state index in [2.05, 4.69) is 39.4 Å². The predicted molar refractivity (Wildman–Crippen MR) is 221 cm³/mol. The fourth-order valence-corrected chi connectivity index (χ4v) is 7.41. The molecular formula is C44H38BrN3O6S. The highest BCUT2D eigenvalue weighted by molar-refractivity contribution is 9.10. The van der Waals surface area contributed by atoms with Gasteiger partial charge in [0.25, 0.3) is 11.8 Å². The van der Waals surface area contributed by atoms with Crippen LogP contribution in [0.1, 0.15) is 40.8 Å². The zero-order chi connectivity index (χ0) is 38.7. The summed E-state index contributed by atoms with van der Waals surface area (Å²) in [6, 6.07) is 28.2. The van der Waals surface area contributed by atoms with Crippen molar-refractivity contribution in [2.24, 2.45) is 4.99 Å². The van der Waals surface area contributed by atoms with E-state index in [1.807, 2.05) is 84.9 Å². The maximum Gasteiger partial charge on any atom is 0.285 e. The number of allylic oxidation sites excluding steroid dienone is 5. The number of carbonyl (C=O) groups excluding carboxylic acids is 3. The monoisotopic (exact) mass is 815 g/mol. The molecule has 0 atom stereocenters. The van der Waals surface area contributed by atoms with Gasteiger partial charge >= 0.3 is 0 Å². The van der Waals surface area contributed by atoms with E-state index in [-0.39, 0.29) is 35.8 Å². The predicted octanol–water partition coefficient (Wildman–Crippen LogP) is 8.88. The van der Waals surface area contributed by atoms with Gasteiger partial charge < -0.3 is 19.5 Å². The van der Waals surface area contributed by atoms with Crippen molar-refractivity contribution in [3.05, 3.63) is 178 Å². The van der Waals surface area contributed by atoms with Crippen molar-refractivity contribution >= 4 is 56.7 Å². The molecule has 0 saturated carbocycles. The number of rotatable bonds is 14. The zero-order valence-electron chi connectivity index (χ0n) is 30.1. The van der Waals surface area contributed by atoms with Gasteiger partial charge in [0, 0.05) is 5.70 Å². The number of amides is 3. The first kappa shape index (κ1) is 38.8. The summed E-state index contributed by atoms with van der Waals surface area (Å²) in [6.07, 6.45) is 10.4. The SMILES string of the molecule is C=C/C=C\C(=C/C)N1C(=O)/C(=C/c2cc(Br)c(OCc3ccc4c(c3)OCO4)c(CC=C)c2)C(=O)N=C1SCC(=O)NC(c1ccccc1)c1ccccc1. The summed E-state index contributed by atoms with van der Waals surface area (Å²) in [4.78, 5) is 47.1. The molecule has 3 amide bonds. The van der Waals surface area contributed by atoms with Crippen molar-refractivity contribution in [3.63, 3.8) is 0 Å². The van der Waals surface area contributed by atoms with Gasteiger partial charge in [0.2, 0.25) is 12.7 Å². The van der Waals surface area contributed by atoms with Crippen LogP contribution in [0.2, 0.25) is 0 Å². The highest BCUT2D eigenvalue weighted by Gasteiger charge is 2.35. The maximum absolute atomic E-state index is 14.3. The first-order chi connectivity index (χ1) is 26.8. The molecule has 2 aliphatic heterocycles. The van der Waals surface area contributed by atoms with Gasteiger partial charge in [-0.2, -0.15) is 4.99 Å². The van der Waals surface area contributed by atoms with Crippen LogP contribution in [0.3, 0.4) is 0 Å². The minimum absolute atomic E-state index is 0.0841. The lowest BCUT2D eigenvalue weighted by Gasteiger charge is -2.28. The molecule has 55 heavy (non-hydrogen) atoms. The number of nitrogens with zero attached hydrogens (tertiary/aromatic N) is 2. The Hall–Kier alpha value is -5.91. The highest BCUT2D eigenvalue weighted by Crippen LogP contribution is 2.36. The van der Waals surface area contributed by atoms with Crippen LogP contribution in [0.15, 0.2) is 155 Å². The first-order valence-electron chi connectivity index (χ1n) is 17.4. The number of fused-ring (bicyclic) bond motifs is 1. The smallest absolute Gasteiger partial charge is 0.285 e. The molecule has 11 heteroatoms. The summed E-state index contributed by atoms with van der Waals surface area (Å²) in [5.41, 5.74) is 4.43. The maximum atomic E-state index is 14.3. The number of nitrogens with one attached hydrogen (secondary N) is 1. The molecule has 0 saturated heterocycles. The fraction of sp³-hybridized carbons (Fsp3) is 0.136. The van der Waals surface area contributed by atoms with Crippen LogP contribution in [-0.4, -0.2) is 40.3 Å². The number of hydrogen-bond acceptors (Lipinski definition) is 7. The molecule has 0 aliphatic carbocycles. The number of halogens is 1. The van der Waals surface area contributed by atoms with Gasteiger partial charge in [-0.1, -0.05) is 109 Å². The molecular weight excluding hydrogens is 778 g/mol. The number of carbonyl (C=O) groups is 3. The van der Waals surface area contributed by atoms with Crippen LogP contribution in [0.25, 0.3) is 6.08 Å². The van der Waals surface area contributed by atoms with E-state index in [1.165, 1.54) is 11.0 Å². The lowest BCUT2D eigenvalue weighted by atomic mass is 9.99. The Morgan fingerprint density at radius 1 is 1.00 bits per heavy atom. The molecule has 0 radical (unpaired) electrons. The first-order valence-corrected chi connectivity index (χ1v) is 19.2. The van der Waals surface area contributed by atoms with Crippen molar-refractivity contribution in [1.82, 2.24) is 10.2 Å². The lowest BCUT2D eigenvalue weighted by molar-refractivity contribution is -0.126. The highest BCUT2D eigenvalue weighted by atomic mass is 79.9. The molecule has 0 unspecified atom stereocenters. The number of aliphatic imine (C=N–C) groups is 1. The average molecular weight is 817 g/mol. The van der Waals surface area contributed by atoms with Crippen LogP contribution < -0.4 is 19.5 Å². The van der Waals surface area contributed by atoms with E-state index >= 15 is 0 Å². The number of ether oxygens (including phenoxy) is 3. The quantitative estimate of drug-likeness (QED) is 0.0587. The van der Waals surface area contributed by atoms with E-state index in [4.69, 9.17) is 14.2 Å². The molecule has 9 nitrogen and oxygen atoms in total. The van der Waals surface area contributed by atoms with E-state index in [0.717, 1.165) is 34.0 Å². The summed E-state index contributed by atoms with van der Waals surface area (Å²) >= 11 is 4.65. The summed E-state index contributed by atoms with van der Waals surface area (Å²) in [6.45, 7) is 9.87. The second-order valence-electron chi connectivity index (χ2n) is 12.3. The van der Waals surface area contributed by atoms with E-state index in [9.17, 15) is 14.4 Å². The second kappa shape index (κ2) is 18.4. The zero-order valence-corrected chi connectivity index (χ0v) is 32.5. The standard InChI is InChI=1S/C44H38BrN3O6S/c1-4-7-19-34(6-3)48-43(51)35(23-30-22-33(14-5-2)41(36(45)24-30)52-26-29-20-21-37-38(25-29)54-28-53-37)42(50)47-44(48)55-27-39(49)46-40(31-15-10-8-11-16-31)32-17-12-9-13-18-32/h4-13,15-25,40H,1-2,14,26-28H2,3H3,(H,46,49)/b19-7-,34-6+,35-23+. The van der Waals surface area contributed by atoms with Crippen LogP contribution in [0.4, 0.5) is 0 Å². The Kier molecular flexibility index (Phi) is 13.0. The van der Waals surface area contributed by atoms with Gasteiger partial charge in [-0.3, -0.25) is 19.3 Å². The Morgan fingerprint density at radius 2 is 1.71 bits per heavy atom. The topological polar surface area (TPSA) is 107 Å². The van der Waals surface area contributed by atoms with Crippen LogP contribution in [-0.2, 0) is 27.4 Å². The summed E-state index contributed by atoms with van der Waals surface area (Å²) < 4.78 is 17.8. The van der Waals surface area contributed by atoms with E-state index in [0.29, 0.717) is 39.4 Å². The van der Waals surface area contributed by atoms with Gasteiger partial charge in [-0.15, -0.1) is 6.58 Å². The Bertz CT molecular complexity index is 2190. The normalized spacial score (nSPS) is 14.7. The Balaban J connectivity index is 1.25. The third kappa shape index (κ3) is 9.43. The van der Waals surface area contributed by atoms with Crippen LogP contribution >= 0.6 is 27.7 Å². The molecule has 1 N–H and O–H groups in total. The number of benzene rings is 4. The van der Waals surface area contributed by atoms with Crippen molar-refractivity contribution in [2.45, 2.75) is 26.0 Å². The molecule has 4 aromatic rings. The Labute approximate surface area is 332 Å². The third-order valence-corrected chi connectivity index (χ3v) is 10.1. The molecule has 0 bridgehead atoms. The van der Waals surface area contributed by atoms with Gasteiger partial charge in [0.15, 0.2) is 16.7 Å². The van der Waals surface area contributed by atoms with Crippen molar-refractivity contribution in [2.75, 3.05) is 12.5 Å². The van der Waals surface area contributed by atoms with Crippen LogP contribution in [0.5, 0.6) is 17.2 Å². The number of hydrogen-bond donors (Lipinski definition) is 1. The Morgan fingerprint density at radius 3 is 2.38 bits per heavy atom. The average Bonchev–Trinajstić information content (AvgIpc) is 3.67. The van der Waals surface area contributed by atoms with E-state index in [1.54, 1.807) is 43.4 Å². The summed E-state index contributed by atoms with van der Waals surface area (Å²) in [5.74, 6) is 0.260. The minimum atomic E-state index is -0.719. The second-order valence-corrected chi connectivity index (χ2v) is 14.1. The number of thioether (sulfide) groups is 1. The molecule has 0 spiro atoms. The summed E-state index contributed by atoms with van der Waals surface area (Å²) in [5, 5.41) is 3.19. The van der Waals surface area contributed by atoms with Gasteiger partial charge in [-0.25, -0.2) is 0 Å². The number of amidine groups is 1. The third-order valence-electron chi connectivity index (χ3n) is 8.55. The lowest BCUT2D eigenvalue weighted by Crippen LogP contribution is -2.42. The molecule has 2 aliphatic rings. The van der Waals surface area contributed by atoms with Gasteiger partial charge in [0.05, 0.1) is 16.3 Å². The van der Waals surface area contributed by atoms with E-state index < -0.39 is 17.9 Å². The molecule has 0 fully saturated rings. The van der Waals surface area contributed by atoms with Gasteiger partial charge in [0.1, 0.15) is 17.9 Å². The minimum Gasteiger partial charge on any atom is -0.487 e. The molecule has 6 rings (SSSR count). The fourth-order valence-electron chi connectivity index (χ4n) is 5.97. The van der Waals surface area contributed by atoms with Crippen LogP contribution in [0, 0.1) is 0 Å². The van der Waals surface area contributed by atoms with Crippen molar-refractivity contribution in [1.29, 1.82) is 0 Å². The molecule has 2 heterocycles. The summed E-state index contributed by atoms with van der Waals surface area (Å²) in [7, 11) is 0. The largest absolute Gasteiger partial charge is 0.487 e.